The average molecular weight is 258 g/mol. The number of methoxy groups -OCH3 is 1. The minimum Gasteiger partial charge on any atom is -0.462 e. The number of aryl methyl sites for hydroxylation is 1. The molecule has 0 heterocycles. The van der Waals surface area contributed by atoms with Gasteiger partial charge in [-0.25, -0.2) is 4.79 Å². The van der Waals surface area contributed by atoms with Crippen molar-refractivity contribution in [1.29, 1.82) is 0 Å². The molecule has 0 saturated heterocycles. The SMILES string of the molecule is CO/N=C(\Oc1cc(C)ccc1Cl)C(=O)OC. The maximum absolute atomic E-state index is 11.3. The first-order valence-electron chi connectivity index (χ1n) is 4.72. The van der Waals surface area contributed by atoms with E-state index < -0.39 is 5.97 Å². The number of hydrogen-bond acceptors (Lipinski definition) is 5. The number of carbonyl (C=O) groups is 1. The van der Waals surface area contributed by atoms with Crippen LogP contribution in [0.3, 0.4) is 0 Å². The largest absolute Gasteiger partial charge is 0.462 e. The first-order valence-corrected chi connectivity index (χ1v) is 5.09. The molecule has 0 spiro atoms. The molecule has 0 aliphatic rings. The third kappa shape index (κ3) is 3.64. The number of oxime groups is 1. The van der Waals surface area contributed by atoms with E-state index in [1.165, 1.54) is 14.2 Å². The number of ether oxygens (including phenoxy) is 2. The summed E-state index contributed by atoms with van der Waals surface area (Å²) in [5.41, 5.74) is 0.936. The summed E-state index contributed by atoms with van der Waals surface area (Å²) in [6.07, 6.45) is 0. The summed E-state index contributed by atoms with van der Waals surface area (Å²) in [4.78, 5) is 15.8. The molecule has 0 amide bonds. The summed E-state index contributed by atoms with van der Waals surface area (Å²) in [6, 6.07) is 5.16. The van der Waals surface area contributed by atoms with Crippen molar-refractivity contribution in [1.82, 2.24) is 0 Å². The summed E-state index contributed by atoms with van der Waals surface area (Å²) in [5, 5.41) is 3.79. The molecular formula is C11H12ClNO4. The molecule has 92 valence electrons. The highest BCUT2D eigenvalue weighted by molar-refractivity contribution is 6.35. The normalized spacial score (nSPS) is 10.9. The number of halogens is 1. The van der Waals surface area contributed by atoms with Crippen molar-refractivity contribution in [3.63, 3.8) is 0 Å². The average Bonchev–Trinajstić information content (AvgIpc) is 2.32. The Labute approximate surface area is 104 Å². The zero-order valence-electron chi connectivity index (χ0n) is 9.69. The highest BCUT2D eigenvalue weighted by Crippen LogP contribution is 2.25. The molecular weight excluding hydrogens is 246 g/mol. The summed E-state index contributed by atoms with van der Waals surface area (Å²) < 4.78 is 9.73. The summed E-state index contributed by atoms with van der Waals surface area (Å²) >= 11 is 5.92. The monoisotopic (exact) mass is 257 g/mol. The second-order valence-corrected chi connectivity index (χ2v) is 3.51. The van der Waals surface area contributed by atoms with Gasteiger partial charge in [0.05, 0.1) is 12.1 Å². The van der Waals surface area contributed by atoms with E-state index in [-0.39, 0.29) is 5.90 Å². The van der Waals surface area contributed by atoms with Gasteiger partial charge in [0.25, 0.3) is 0 Å². The summed E-state index contributed by atoms with van der Waals surface area (Å²) in [7, 11) is 2.51. The first kappa shape index (κ1) is 13.3. The van der Waals surface area contributed by atoms with Gasteiger partial charge in [-0.1, -0.05) is 17.7 Å². The van der Waals surface area contributed by atoms with Crippen LogP contribution in [-0.4, -0.2) is 26.1 Å². The Morgan fingerprint density at radius 1 is 1.35 bits per heavy atom. The predicted octanol–water partition coefficient (Wildman–Crippen LogP) is 2.16. The van der Waals surface area contributed by atoms with E-state index in [0.29, 0.717) is 10.8 Å². The number of esters is 1. The second kappa shape index (κ2) is 6.10. The van der Waals surface area contributed by atoms with Gasteiger partial charge < -0.3 is 14.3 Å². The number of hydrogen-bond donors (Lipinski definition) is 0. The lowest BCUT2D eigenvalue weighted by molar-refractivity contribution is -0.134. The maximum Gasteiger partial charge on any atom is 0.397 e. The Morgan fingerprint density at radius 3 is 2.65 bits per heavy atom. The van der Waals surface area contributed by atoms with Crippen LogP contribution >= 0.6 is 11.6 Å². The van der Waals surface area contributed by atoms with Gasteiger partial charge in [-0.15, -0.1) is 0 Å². The Morgan fingerprint density at radius 2 is 2.06 bits per heavy atom. The van der Waals surface area contributed by atoms with E-state index in [1.807, 2.05) is 13.0 Å². The van der Waals surface area contributed by atoms with Gasteiger partial charge in [-0.05, 0) is 29.8 Å². The lowest BCUT2D eigenvalue weighted by Crippen LogP contribution is -2.22. The molecule has 1 aromatic rings. The van der Waals surface area contributed by atoms with Crippen molar-refractivity contribution in [2.75, 3.05) is 14.2 Å². The Bertz CT molecular complexity index is 445. The van der Waals surface area contributed by atoms with E-state index in [0.717, 1.165) is 5.56 Å². The fourth-order valence-electron chi connectivity index (χ4n) is 1.06. The molecule has 0 aliphatic heterocycles. The quantitative estimate of drug-likeness (QED) is 0.353. The first-order chi connectivity index (χ1) is 8.08. The van der Waals surface area contributed by atoms with Crippen LogP contribution in [0.25, 0.3) is 0 Å². The molecule has 0 unspecified atom stereocenters. The summed E-state index contributed by atoms with van der Waals surface area (Å²) in [5.74, 6) is -0.750. The number of carbonyl (C=O) groups excluding carboxylic acids is 1. The minimum absolute atomic E-state index is 0.313. The van der Waals surface area contributed by atoms with Crippen LogP contribution in [0, 0.1) is 6.92 Å². The molecule has 0 aromatic heterocycles. The smallest absolute Gasteiger partial charge is 0.397 e. The number of nitrogens with zero attached hydrogens (tertiary/aromatic N) is 1. The second-order valence-electron chi connectivity index (χ2n) is 3.11. The Hall–Kier alpha value is -1.75. The van der Waals surface area contributed by atoms with Gasteiger partial charge in [0.15, 0.2) is 0 Å². The zero-order chi connectivity index (χ0) is 12.8. The van der Waals surface area contributed by atoms with Crippen LogP contribution < -0.4 is 4.74 Å². The lowest BCUT2D eigenvalue weighted by Gasteiger charge is -2.08. The van der Waals surface area contributed by atoms with Crippen molar-refractivity contribution in [2.24, 2.45) is 5.16 Å². The molecule has 0 fully saturated rings. The molecule has 0 radical (unpaired) electrons. The Balaban J connectivity index is 2.97. The van der Waals surface area contributed by atoms with Gasteiger partial charge >= 0.3 is 11.9 Å². The third-order valence-electron chi connectivity index (χ3n) is 1.83. The highest BCUT2D eigenvalue weighted by Gasteiger charge is 2.17. The van der Waals surface area contributed by atoms with Gasteiger partial charge in [0, 0.05) is 0 Å². The fraction of sp³-hybridized carbons (Fsp3) is 0.273. The van der Waals surface area contributed by atoms with E-state index in [2.05, 4.69) is 14.7 Å². The van der Waals surface area contributed by atoms with Crippen LogP contribution in [0.15, 0.2) is 23.4 Å². The van der Waals surface area contributed by atoms with Crippen molar-refractivity contribution in [3.05, 3.63) is 28.8 Å². The van der Waals surface area contributed by atoms with Crippen LogP contribution in [0.5, 0.6) is 5.75 Å². The zero-order valence-corrected chi connectivity index (χ0v) is 10.4. The van der Waals surface area contributed by atoms with E-state index in [9.17, 15) is 4.79 Å². The van der Waals surface area contributed by atoms with Gasteiger partial charge in [-0.2, -0.15) is 0 Å². The molecule has 17 heavy (non-hydrogen) atoms. The summed E-state index contributed by atoms with van der Waals surface area (Å²) in [6.45, 7) is 1.87. The molecule has 0 atom stereocenters. The third-order valence-corrected chi connectivity index (χ3v) is 2.14. The van der Waals surface area contributed by atoms with Crippen LogP contribution in [0.2, 0.25) is 5.02 Å². The number of rotatable bonds is 2. The highest BCUT2D eigenvalue weighted by atomic mass is 35.5. The lowest BCUT2D eigenvalue weighted by atomic mass is 10.2. The van der Waals surface area contributed by atoms with E-state index >= 15 is 0 Å². The molecule has 6 heteroatoms. The minimum atomic E-state index is -0.746. The van der Waals surface area contributed by atoms with Crippen LogP contribution in [-0.2, 0) is 14.4 Å². The maximum atomic E-state index is 11.3. The van der Waals surface area contributed by atoms with Gasteiger partial charge in [0.2, 0.25) is 0 Å². The van der Waals surface area contributed by atoms with E-state index in [4.69, 9.17) is 16.3 Å². The van der Waals surface area contributed by atoms with Crippen LogP contribution in [0.4, 0.5) is 0 Å². The number of benzene rings is 1. The van der Waals surface area contributed by atoms with Crippen molar-refractivity contribution < 1.29 is 19.1 Å². The predicted molar refractivity (Wildman–Crippen MR) is 63.3 cm³/mol. The molecule has 0 aliphatic carbocycles. The molecule has 1 rings (SSSR count). The molecule has 1 aromatic carbocycles. The standard InChI is InChI=1S/C11H12ClNO4/c1-7-4-5-8(12)9(6-7)17-10(13-16-3)11(14)15-2/h4-6H,1-3H3/b13-10-. The van der Waals surface area contributed by atoms with Gasteiger partial charge in [-0.3, -0.25) is 0 Å². The van der Waals surface area contributed by atoms with Crippen LogP contribution in [0.1, 0.15) is 5.56 Å². The molecule has 0 N–H and O–H groups in total. The Kier molecular flexibility index (Phi) is 4.78. The molecule has 0 bridgehead atoms. The van der Waals surface area contributed by atoms with Gasteiger partial charge in [0.1, 0.15) is 12.9 Å². The van der Waals surface area contributed by atoms with Crippen molar-refractivity contribution in [2.45, 2.75) is 6.92 Å². The molecule has 5 nitrogen and oxygen atoms in total. The van der Waals surface area contributed by atoms with E-state index in [1.54, 1.807) is 12.1 Å². The molecule has 0 saturated carbocycles. The fourth-order valence-corrected chi connectivity index (χ4v) is 1.22. The van der Waals surface area contributed by atoms with Crippen molar-refractivity contribution >= 4 is 23.5 Å². The van der Waals surface area contributed by atoms with Crippen molar-refractivity contribution in [3.8, 4) is 5.75 Å². The topological polar surface area (TPSA) is 57.1 Å².